The normalized spacial score (nSPS) is 22.1. The number of benzene rings is 2. The Balaban J connectivity index is 1.41. The SMILES string of the molecule is CCc1ccccc1NC(=O)COC(=O)c1cccc(N2C(=O)[C@H]3C[C@@H](C)CC[C@H]3C2=O)c1. The van der Waals surface area contributed by atoms with Gasteiger partial charge in [-0.3, -0.25) is 19.3 Å². The molecule has 1 saturated carbocycles. The first-order valence-electron chi connectivity index (χ1n) is 11.4. The molecular formula is C26H28N2O5. The third-order valence-electron chi connectivity index (χ3n) is 6.53. The van der Waals surface area contributed by atoms with Crippen LogP contribution in [0, 0.1) is 17.8 Å². The van der Waals surface area contributed by atoms with Gasteiger partial charge in [-0.05, 0) is 61.4 Å². The Hall–Kier alpha value is -3.48. The van der Waals surface area contributed by atoms with Crippen molar-refractivity contribution in [3.8, 4) is 0 Å². The smallest absolute Gasteiger partial charge is 0.338 e. The maximum atomic E-state index is 13.0. The quantitative estimate of drug-likeness (QED) is 0.533. The van der Waals surface area contributed by atoms with Crippen molar-refractivity contribution >= 4 is 35.1 Å². The highest BCUT2D eigenvalue weighted by Crippen LogP contribution is 2.42. The van der Waals surface area contributed by atoms with Crippen LogP contribution in [-0.2, 0) is 25.5 Å². The lowest BCUT2D eigenvalue weighted by molar-refractivity contribution is -0.122. The highest BCUT2D eigenvalue weighted by Gasteiger charge is 2.50. The second-order valence-electron chi connectivity index (χ2n) is 8.83. The molecule has 2 fully saturated rings. The lowest BCUT2D eigenvalue weighted by atomic mass is 9.76. The van der Waals surface area contributed by atoms with Gasteiger partial charge in [-0.15, -0.1) is 0 Å². The molecule has 1 saturated heterocycles. The summed E-state index contributed by atoms with van der Waals surface area (Å²) in [7, 11) is 0. The molecule has 1 aliphatic heterocycles. The van der Waals surface area contributed by atoms with Crippen LogP contribution in [0.5, 0.6) is 0 Å². The number of hydrogen-bond donors (Lipinski definition) is 1. The van der Waals surface area contributed by atoms with Gasteiger partial charge < -0.3 is 10.1 Å². The molecule has 7 heteroatoms. The highest BCUT2D eigenvalue weighted by atomic mass is 16.5. The number of ether oxygens (including phenoxy) is 1. The fourth-order valence-electron chi connectivity index (χ4n) is 4.77. The molecular weight excluding hydrogens is 420 g/mol. The van der Waals surface area contributed by atoms with Crippen molar-refractivity contribution in [2.24, 2.45) is 17.8 Å². The summed E-state index contributed by atoms with van der Waals surface area (Å²) in [6, 6.07) is 13.7. The fraction of sp³-hybridized carbons (Fsp3) is 0.385. The zero-order valence-corrected chi connectivity index (χ0v) is 18.9. The number of imide groups is 1. The van der Waals surface area contributed by atoms with Crippen LogP contribution in [0.3, 0.4) is 0 Å². The van der Waals surface area contributed by atoms with Crippen molar-refractivity contribution in [2.75, 3.05) is 16.8 Å². The van der Waals surface area contributed by atoms with E-state index in [1.165, 1.54) is 17.0 Å². The Morgan fingerprint density at radius 1 is 1.03 bits per heavy atom. The molecule has 7 nitrogen and oxygen atoms in total. The maximum Gasteiger partial charge on any atom is 0.338 e. The molecule has 1 aliphatic carbocycles. The second kappa shape index (κ2) is 9.57. The summed E-state index contributed by atoms with van der Waals surface area (Å²) in [6.07, 6.45) is 3.12. The summed E-state index contributed by atoms with van der Waals surface area (Å²) < 4.78 is 5.18. The van der Waals surface area contributed by atoms with Crippen LogP contribution < -0.4 is 10.2 Å². The summed E-state index contributed by atoms with van der Waals surface area (Å²) in [6.45, 7) is 3.65. The van der Waals surface area contributed by atoms with E-state index in [9.17, 15) is 19.2 Å². The monoisotopic (exact) mass is 448 g/mol. The number of nitrogens with one attached hydrogen (secondary N) is 1. The van der Waals surface area contributed by atoms with Crippen LogP contribution in [0.15, 0.2) is 48.5 Å². The lowest BCUT2D eigenvalue weighted by Gasteiger charge is -2.25. The van der Waals surface area contributed by atoms with E-state index in [2.05, 4.69) is 12.2 Å². The minimum Gasteiger partial charge on any atom is -0.452 e. The molecule has 1 N–H and O–H groups in total. The standard InChI is InChI=1S/C26H28N2O5/c1-3-17-7-4-5-10-22(17)27-23(29)15-33-26(32)18-8-6-9-19(14-18)28-24(30)20-12-11-16(2)13-21(20)25(28)31/h4-10,14,16,20-21H,3,11-13,15H2,1-2H3,(H,27,29)/t16-,20+,21-/m0/s1. The highest BCUT2D eigenvalue weighted by molar-refractivity contribution is 6.22. The van der Waals surface area contributed by atoms with Crippen molar-refractivity contribution in [2.45, 2.75) is 39.5 Å². The molecule has 0 unspecified atom stereocenters. The molecule has 1 heterocycles. The lowest BCUT2D eigenvalue weighted by Crippen LogP contribution is -2.31. The third kappa shape index (κ3) is 4.67. The summed E-state index contributed by atoms with van der Waals surface area (Å²) in [5, 5.41) is 2.75. The van der Waals surface area contributed by atoms with Crippen LogP contribution in [0.25, 0.3) is 0 Å². The number of aryl methyl sites for hydroxylation is 1. The van der Waals surface area contributed by atoms with E-state index in [1.807, 2.05) is 25.1 Å². The minimum atomic E-state index is -0.694. The Bertz CT molecular complexity index is 1100. The molecule has 3 amide bonds. The van der Waals surface area contributed by atoms with Gasteiger partial charge >= 0.3 is 5.97 Å². The van der Waals surface area contributed by atoms with Gasteiger partial charge in [-0.2, -0.15) is 0 Å². The largest absolute Gasteiger partial charge is 0.452 e. The van der Waals surface area contributed by atoms with Crippen LogP contribution in [0.4, 0.5) is 11.4 Å². The molecule has 172 valence electrons. The molecule has 2 aliphatic rings. The van der Waals surface area contributed by atoms with E-state index in [4.69, 9.17) is 4.74 Å². The van der Waals surface area contributed by atoms with Gasteiger partial charge in [-0.25, -0.2) is 4.79 Å². The molecule has 0 bridgehead atoms. The number of carbonyl (C=O) groups is 4. The maximum absolute atomic E-state index is 13.0. The summed E-state index contributed by atoms with van der Waals surface area (Å²) in [5.41, 5.74) is 2.21. The molecule has 0 aromatic heterocycles. The van der Waals surface area contributed by atoms with E-state index in [-0.39, 0.29) is 29.2 Å². The van der Waals surface area contributed by atoms with Gasteiger partial charge in [0, 0.05) is 5.69 Å². The first-order valence-corrected chi connectivity index (χ1v) is 11.4. The molecule has 0 spiro atoms. The predicted molar refractivity (Wildman–Crippen MR) is 124 cm³/mol. The number of nitrogens with zero attached hydrogens (tertiary/aromatic N) is 1. The van der Waals surface area contributed by atoms with Crippen LogP contribution in [0.1, 0.15) is 49.0 Å². The summed E-state index contributed by atoms with van der Waals surface area (Å²) >= 11 is 0. The Morgan fingerprint density at radius 2 is 1.79 bits per heavy atom. The van der Waals surface area contributed by atoms with Crippen molar-refractivity contribution in [3.63, 3.8) is 0 Å². The first-order chi connectivity index (χ1) is 15.9. The minimum absolute atomic E-state index is 0.179. The van der Waals surface area contributed by atoms with Crippen molar-refractivity contribution in [1.29, 1.82) is 0 Å². The third-order valence-corrected chi connectivity index (χ3v) is 6.53. The number of hydrogen-bond acceptors (Lipinski definition) is 5. The van der Waals surface area contributed by atoms with E-state index in [1.54, 1.807) is 18.2 Å². The van der Waals surface area contributed by atoms with Crippen LogP contribution in [0.2, 0.25) is 0 Å². The predicted octanol–water partition coefficient (Wildman–Crippen LogP) is 3.97. The van der Waals surface area contributed by atoms with Crippen LogP contribution >= 0.6 is 0 Å². The van der Waals surface area contributed by atoms with Gasteiger partial charge in [0.1, 0.15) is 0 Å². The molecule has 2 aromatic carbocycles. The van der Waals surface area contributed by atoms with Crippen molar-refractivity contribution in [1.82, 2.24) is 0 Å². The fourth-order valence-corrected chi connectivity index (χ4v) is 4.77. The zero-order valence-electron chi connectivity index (χ0n) is 18.9. The van der Waals surface area contributed by atoms with Gasteiger partial charge in [0.15, 0.2) is 6.61 Å². The van der Waals surface area contributed by atoms with Gasteiger partial charge in [-0.1, -0.05) is 38.1 Å². The number of esters is 1. The van der Waals surface area contributed by atoms with E-state index < -0.39 is 18.5 Å². The summed E-state index contributed by atoms with van der Waals surface area (Å²) in [5.74, 6) is -1.68. The summed E-state index contributed by atoms with van der Waals surface area (Å²) in [4.78, 5) is 51.9. The molecule has 4 rings (SSSR count). The van der Waals surface area contributed by atoms with Crippen molar-refractivity contribution in [3.05, 3.63) is 59.7 Å². The molecule has 0 radical (unpaired) electrons. The Kier molecular flexibility index (Phi) is 6.58. The molecule has 2 aromatic rings. The van der Waals surface area contributed by atoms with E-state index in [0.717, 1.165) is 18.4 Å². The Morgan fingerprint density at radius 3 is 2.58 bits per heavy atom. The van der Waals surface area contributed by atoms with Crippen molar-refractivity contribution < 1.29 is 23.9 Å². The van der Waals surface area contributed by atoms with Gasteiger partial charge in [0.05, 0.1) is 23.1 Å². The molecule has 3 atom stereocenters. The average Bonchev–Trinajstić information content (AvgIpc) is 3.07. The van der Waals surface area contributed by atoms with Gasteiger partial charge in [0.25, 0.3) is 5.91 Å². The van der Waals surface area contributed by atoms with Gasteiger partial charge in [0.2, 0.25) is 11.8 Å². The number of carbonyl (C=O) groups excluding carboxylic acids is 4. The number of para-hydroxylation sites is 1. The second-order valence-corrected chi connectivity index (χ2v) is 8.83. The van der Waals surface area contributed by atoms with E-state index >= 15 is 0 Å². The number of fused-ring (bicyclic) bond motifs is 1. The Labute approximate surface area is 193 Å². The average molecular weight is 449 g/mol. The zero-order chi connectivity index (χ0) is 23.5. The number of anilines is 2. The number of amides is 3. The van der Waals surface area contributed by atoms with Crippen LogP contribution in [-0.4, -0.2) is 30.3 Å². The topological polar surface area (TPSA) is 92.8 Å². The molecule has 33 heavy (non-hydrogen) atoms. The first kappa shape index (κ1) is 22.7. The van der Waals surface area contributed by atoms with E-state index in [0.29, 0.717) is 30.1 Å². The number of rotatable bonds is 6.